The Balaban J connectivity index is 1.68. The number of benzene rings is 1. The number of anilines is 2. The number of hydrogen-bond acceptors (Lipinski definition) is 3. The zero-order chi connectivity index (χ0) is 16.6. The van der Waals surface area contributed by atoms with Crippen molar-refractivity contribution in [2.45, 2.75) is 29.7 Å². The molecule has 1 heterocycles. The first kappa shape index (κ1) is 16.5. The summed E-state index contributed by atoms with van der Waals surface area (Å²) in [5, 5.41) is 4.93. The first-order chi connectivity index (χ1) is 10.9. The first-order valence-electron chi connectivity index (χ1n) is 7.28. The average Bonchev–Trinajstić information content (AvgIpc) is 2.91. The minimum atomic E-state index is -1.08. The van der Waals surface area contributed by atoms with E-state index < -0.39 is 34.0 Å². The third kappa shape index (κ3) is 3.59. The molecule has 2 aliphatic rings. The van der Waals surface area contributed by atoms with E-state index >= 15 is 0 Å². The summed E-state index contributed by atoms with van der Waals surface area (Å²) in [4.78, 5) is 23.9. The number of alkyl halides is 2. The summed E-state index contributed by atoms with van der Waals surface area (Å²) in [6, 6.07) is 4.36. The molecule has 0 bridgehead atoms. The van der Waals surface area contributed by atoms with Gasteiger partial charge in [-0.05, 0) is 31.4 Å². The molecule has 8 heteroatoms. The molecule has 1 saturated heterocycles. The van der Waals surface area contributed by atoms with Gasteiger partial charge >= 0.3 is 0 Å². The Morgan fingerprint density at radius 1 is 1.22 bits per heavy atom. The Labute approximate surface area is 142 Å². The largest absolute Gasteiger partial charge is 0.368 e. The Morgan fingerprint density at radius 3 is 2.35 bits per heavy atom. The predicted molar refractivity (Wildman–Crippen MR) is 85.2 cm³/mol. The van der Waals surface area contributed by atoms with Crippen LogP contribution in [-0.2, 0) is 14.3 Å². The van der Waals surface area contributed by atoms with Crippen LogP contribution in [0.3, 0.4) is 0 Å². The maximum Gasteiger partial charge on any atom is 0.253 e. The van der Waals surface area contributed by atoms with Crippen LogP contribution < -0.4 is 10.6 Å². The van der Waals surface area contributed by atoms with Crippen LogP contribution in [0.4, 0.5) is 15.8 Å². The van der Waals surface area contributed by atoms with Crippen molar-refractivity contribution in [1.29, 1.82) is 0 Å². The van der Waals surface area contributed by atoms with Crippen molar-refractivity contribution >= 4 is 46.4 Å². The number of rotatable bonds is 4. The second kappa shape index (κ2) is 6.26. The number of amides is 2. The molecule has 1 aromatic rings. The van der Waals surface area contributed by atoms with E-state index in [0.717, 1.165) is 6.42 Å². The molecular weight excluding hydrogens is 346 g/mol. The molecule has 2 atom stereocenters. The summed E-state index contributed by atoms with van der Waals surface area (Å²) in [6.07, 6.45) is 1.18. The molecular formula is C15H15Cl2FN2O3. The topological polar surface area (TPSA) is 67.4 Å². The smallest absolute Gasteiger partial charge is 0.253 e. The molecule has 2 amide bonds. The first-order valence-corrected chi connectivity index (χ1v) is 8.04. The van der Waals surface area contributed by atoms with Crippen molar-refractivity contribution < 1.29 is 18.7 Å². The summed E-state index contributed by atoms with van der Waals surface area (Å²) in [7, 11) is 0. The fourth-order valence-electron chi connectivity index (χ4n) is 2.44. The highest BCUT2D eigenvalue weighted by Crippen LogP contribution is 2.53. The molecule has 2 unspecified atom stereocenters. The van der Waals surface area contributed by atoms with Gasteiger partial charge in [-0.2, -0.15) is 0 Å². The van der Waals surface area contributed by atoms with Gasteiger partial charge in [0.25, 0.3) is 5.91 Å². The van der Waals surface area contributed by atoms with Crippen molar-refractivity contribution in [3.63, 3.8) is 0 Å². The highest BCUT2D eigenvalue weighted by atomic mass is 35.5. The van der Waals surface area contributed by atoms with Crippen molar-refractivity contribution in [2.24, 2.45) is 5.92 Å². The van der Waals surface area contributed by atoms with Crippen molar-refractivity contribution in [3.05, 3.63) is 24.0 Å². The Morgan fingerprint density at radius 2 is 1.83 bits per heavy atom. The van der Waals surface area contributed by atoms with Crippen molar-refractivity contribution in [2.75, 3.05) is 17.2 Å². The number of ether oxygens (including phenoxy) is 1. The quantitative estimate of drug-likeness (QED) is 0.810. The lowest BCUT2D eigenvalue weighted by atomic mass is 10.2. The molecule has 1 aliphatic carbocycles. The van der Waals surface area contributed by atoms with Crippen LogP contribution >= 0.6 is 23.2 Å². The molecule has 0 aromatic heterocycles. The van der Waals surface area contributed by atoms with Crippen LogP contribution in [-0.4, -0.2) is 28.9 Å². The highest BCUT2D eigenvalue weighted by Gasteiger charge is 2.56. The van der Waals surface area contributed by atoms with E-state index in [1.807, 2.05) is 0 Å². The predicted octanol–water partition coefficient (Wildman–Crippen LogP) is 3.08. The van der Waals surface area contributed by atoms with Gasteiger partial charge in [-0.15, -0.1) is 23.2 Å². The summed E-state index contributed by atoms with van der Waals surface area (Å²) in [5.74, 6) is -2.12. The van der Waals surface area contributed by atoms with Crippen LogP contribution in [0.1, 0.15) is 19.3 Å². The van der Waals surface area contributed by atoms with Gasteiger partial charge in [-0.3, -0.25) is 9.59 Å². The number of halogens is 3. The lowest BCUT2D eigenvalue weighted by molar-refractivity contribution is -0.124. The van der Waals surface area contributed by atoms with E-state index in [1.165, 1.54) is 18.2 Å². The van der Waals surface area contributed by atoms with Crippen LogP contribution in [0.5, 0.6) is 0 Å². The van der Waals surface area contributed by atoms with Gasteiger partial charge < -0.3 is 15.4 Å². The number of carbonyl (C=O) groups is 2. The van der Waals surface area contributed by atoms with E-state index in [0.29, 0.717) is 19.4 Å². The Bertz CT molecular complexity index is 611. The van der Waals surface area contributed by atoms with Gasteiger partial charge in [0.05, 0.1) is 17.3 Å². The number of nitrogens with one attached hydrogen (secondary N) is 2. The van der Waals surface area contributed by atoms with E-state index in [4.69, 9.17) is 27.9 Å². The molecule has 0 spiro atoms. The van der Waals surface area contributed by atoms with Crippen LogP contribution in [0.2, 0.25) is 0 Å². The van der Waals surface area contributed by atoms with Crippen molar-refractivity contribution in [1.82, 2.24) is 0 Å². The summed E-state index contributed by atoms with van der Waals surface area (Å²) in [6.45, 7) is 0.524. The maximum atomic E-state index is 14.4. The lowest BCUT2D eigenvalue weighted by Crippen LogP contribution is -2.27. The van der Waals surface area contributed by atoms with E-state index in [2.05, 4.69) is 10.6 Å². The van der Waals surface area contributed by atoms with Gasteiger partial charge in [0.15, 0.2) is 5.82 Å². The highest BCUT2D eigenvalue weighted by molar-refractivity contribution is 6.52. The van der Waals surface area contributed by atoms with Crippen molar-refractivity contribution in [3.8, 4) is 0 Å². The zero-order valence-corrected chi connectivity index (χ0v) is 13.6. The minimum absolute atomic E-state index is 0.0119. The molecule has 1 aliphatic heterocycles. The average molecular weight is 361 g/mol. The Hall–Kier alpha value is -1.37. The van der Waals surface area contributed by atoms with Crippen LogP contribution in [0.25, 0.3) is 0 Å². The second-order valence-electron chi connectivity index (χ2n) is 5.67. The molecule has 0 radical (unpaired) electrons. The molecule has 1 saturated carbocycles. The summed E-state index contributed by atoms with van der Waals surface area (Å²) in [5.41, 5.74) is -0.0433. The number of carbonyl (C=O) groups excluding carboxylic acids is 2. The van der Waals surface area contributed by atoms with Gasteiger partial charge in [0.1, 0.15) is 10.4 Å². The Kier molecular flexibility index (Phi) is 4.49. The summed E-state index contributed by atoms with van der Waals surface area (Å²) >= 11 is 11.6. The molecule has 23 heavy (non-hydrogen) atoms. The van der Waals surface area contributed by atoms with Gasteiger partial charge in [-0.1, -0.05) is 6.07 Å². The fourth-order valence-corrected chi connectivity index (χ4v) is 2.95. The van der Waals surface area contributed by atoms with E-state index in [-0.39, 0.29) is 11.4 Å². The lowest BCUT2D eigenvalue weighted by Gasteiger charge is -2.13. The van der Waals surface area contributed by atoms with E-state index in [1.54, 1.807) is 0 Å². The van der Waals surface area contributed by atoms with Crippen LogP contribution in [0, 0.1) is 11.7 Å². The molecule has 124 valence electrons. The van der Waals surface area contributed by atoms with E-state index in [9.17, 15) is 14.0 Å². The minimum Gasteiger partial charge on any atom is -0.368 e. The normalized spacial score (nSPS) is 25.0. The molecule has 2 N–H and O–H groups in total. The van der Waals surface area contributed by atoms with Gasteiger partial charge in [-0.25, -0.2) is 4.39 Å². The van der Waals surface area contributed by atoms with Crippen LogP contribution in [0.15, 0.2) is 18.2 Å². The molecule has 2 fully saturated rings. The fraction of sp³-hybridized carbons (Fsp3) is 0.467. The molecule has 1 aromatic carbocycles. The van der Waals surface area contributed by atoms with Gasteiger partial charge in [0, 0.05) is 6.61 Å². The summed E-state index contributed by atoms with van der Waals surface area (Å²) < 4.78 is 18.6. The SMILES string of the molecule is O=C(Nc1cccc(NC(=O)C2CC2(Cl)Cl)c1F)C1CCCO1. The zero-order valence-electron chi connectivity index (χ0n) is 12.1. The molecule has 5 nitrogen and oxygen atoms in total. The third-order valence-electron chi connectivity index (χ3n) is 3.88. The number of hydrogen-bond donors (Lipinski definition) is 2. The maximum absolute atomic E-state index is 14.4. The van der Waals surface area contributed by atoms with Gasteiger partial charge in [0.2, 0.25) is 5.91 Å². The standard InChI is InChI=1S/C15H15Cl2FN2O3/c16-15(17)7-8(15)13(21)19-9-3-1-4-10(12(9)18)20-14(22)11-5-2-6-23-11/h1,3-4,8,11H,2,5-7H2,(H,19,21)(H,20,22). The second-order valence-corrected chi connectivity index (χ2v) is 7.21. The monoisotopic (exact) mass is 360 g/mol. The third-order valence-corrected chi connectivity index (χ3v) is 4.71. The molecule has 3 rings (SSSR count).